The van der Waals surface area contributed by atoms with Crippen LogP contribution in [0.15, 0.2) is 36.4 Å². The van der Waals surface area contributed by atoms with E-state index in [9.17, 15) is 17.6 Å². The number of halogens is 4. The minimum atomic E-state index is -1.14. The smallest absolute Gasteiger partial charge is 0.200 e. The zero-order valence-corrected chi connectivity index (χ0v) is 10.2. The molecule has 20 heavy (non-hydrogen) atoms. The average Bonchev–Trinajstić information content (AvgIpc) is 2.40. The molecule has 0 heterocycles. The van der Waals surface area contributed by atoms with E-state index < -0.39 is 29.3 Å². The summed E-state index contributed by atoms with van der Waals surface area (Å²) in [6.45, 7) is -0.275. The van der Waals surface area contributed by atoms with Crippen molar-refractivity contribution >= 4 is 0 Å². The molecule has 106 valence electrons. The van der Waals surface area contributed by atoms with Crippen molar-refractivity contribution in [1.82, 2.24) is 0 Å². The van der Waals surface area contributed by atoms with Gasteiger partial charge in [-0.25, -0.2) is 13.2 Å². The molecule has 2 nitrogen and oxygen atoms in total. The molecular weight excluding hydrogens is 274 g/mol. The lowest BCUT2D eigenvalue weighted by molar-refractivity contribution is 0.270. The first kappa shape index (κ1) is 14.3. The second kappa shape index (κ2) is 5.92. The first-order chi connectivity index (χ1) is 9.49. The summed E-state index contributed by atoms with van der Waals surface area (Å²) < 4.78 is 57.5. The summed E-state index contributed by atoms with van der Waals surface area (Å²) in [6, 6.07) is 5.45. The lowest BCUT2D eigenvalue weighted by Gasteiger charge is -2.14. The van der Waals surface area contributed by atoms with E-state index in [0.717, 1.165) is 12.1 Å². The van der Waals surface area contributed by atoms with Gasteiger partial charge in [0.15, 0.2) is 11.6 Å². The lowest BCUT2D eigenvalue weighted by atomic mass is 10.1. The Morgan fingerprint density at radius 1 is 1.00 bits per heavy atom. The first-order valence-electron chi connectivity index (χ1n) is 5.76. The minimum Gasteiger partial charge on any atom is -0.488 e. The van der Waals surface area contributed by atoms with E-state index in [1.54, 1.807) is 0 Å². The standard InChI is InChI=1S/C14H11F4NO/c15-8-4-5-9(11(17)6-8)12(19)7-20-13-3-1-2-10(16)14(13)18/h1-6,12H,7,19H2. The zero-order valence-electron chi connectivity index (χ0n) is 10.2. The van der Waals surface area contributed by atoms with Crippen molar-refractivity contribution in [2.75, 3.05) is 6.61 Å². The summed E-state index contributed by atoms with van der Waals surface area (Å²) in [4.78, 5) is 0. The van der Waals surface area contributed by atoms with Gasteiger partial charge in [-0.3, -0.25) is 0 Å². The van der Waals surface area contributed by atoms with Crippen molar-refractivity contribution in [3.8, 4) is 5.75 Å². The number of rotatable bonds is 4. The number of nitrogens with two attached hydrogens (primary N) is 1. The second-order valence-electron chi connectivity index (χ2n) is 4.14. The highest BCUT2D eigenvalue weighted by Gasteiger charge is 2.15. The Morgan fingerprint density at radius 3 is 2.45 bits per heavy atom. The van der Waals surface area contributed by atoms with Gasteiger partial charge in [0.05, 0.1) is 6.04 Å². The largest absolute Gasteiger partial charge is 0.488 e. The Labute approximate surface area is 112 Å². The number of benzene rings is 2. The van der Waals surface area contributed by atoms with Gasteiger partial charge in [-0.1, -0.05) is 12.1 Å². The Kier molecular flexibility index (Phi) is 4.24. The van der Waals surface area contributed by atoms with E-state index in [0.29, 0.717) is 6.07 Å². The lowest BCUT2D eigenvalue weighted by Crippen LogP contribution is -2.20. The van der Waals surface area contributed by atoms with Gasteiger partial charge in [0.25, 0.3) is 0 Å². The maximum Gasteiger partial charge on any atom is 0.200 e. The van der Waals surface area contributed by atoms with Crippen molar-refractivity contribution in [2.45, 2.75) is 6.04 Å². The van der Waals surface area contributed by atoms with Crippen LogP contribution < -0.4 is 10.5 Å². The van der Waals surface area contributed by atoms with Gasteiger partial charge in [-0.15, -0.1) is 0 Å². The predicted molar refractivity (Wildman–Crippen MR) is 65.1 cm³/mol. The summed E-state index contributed by atoms with van der Waals surface area (Å²) in [5.74, 6) is -4.05. The fourth-order valence-electron chi connectivity index (χ4n) is 1.67. The van der Waals surface area contributed by atoms with Crippen LogP contribution in [-0.4, -0.2) is 6.61 Å². The molecule has 0 radical (unpaired) electrons. The molecular formula is C14H11F4NO. The minimum absolute atomic E-state index is 0.0308. The molecule has 0 aliphatic carbocycles. The maximum atomic E-state index is 13.5. The van der Waals surface area contributed by atoms with Crippen molar-refractivity contribution < 1.29 is 22.3 Å². The highest BCUT2D eigenvalue weighted by molar-refractivity contribution is 5.26. The van der Waals surface area contributed by atoms with Gasteiger partial charge in [-0.2, -0.15) is 4.39 Å². The van der Waals surface area contributed by atoms with Crippen LogP contribution in [0.2, 0.25) is 0 Å². The van der Waals surface area contributed by atoms with E-state index in [4.69, 9.17) is 10.5 Å². The van der Waals surface area contributed by atoms with Crippen LogP contribution in [0.3, 0.4) is 0 Å². The van der Waals surface area contributed by atoms with E-state index in [1.807, 2.05) is 0 Å². The second-order valence-corrected chi connectivity index (χ2v) is 4.14. The van der Waals surface area contributed by atoms with Crippen molar-refractivity contribution in [3.05, 3.63) is 65.2 Å². The molecule has 2 aromatic carbocycles. The molecule has 0 saturated carbocycles. The van der Waals surface area contributed by atoms with Crippen molar-refractivity contribution in [2.24, 2.45) is 5.73 Å². The number of ether oxygens (including phenoxy) is 1. The first-order valence-corrected chi connectivity index (χ1v) is 5.76. The molecule has 0 saturated heterocycles. The molecule has 1 unspecified atom stereocenters. The van der Waals surface area contributed by atoms with Crippen LogP contribution in [0.25, 0.3) is 0 Å². The highest BCUT2D eigenvalue weighted by atomic mass is 19.2. The van der Waals surface area contributed by atoms with E-state index in [1.165, 1.54) is 18.2 Å². The highest BCUT2D eigenvalue weighted by Crippen LogP contribution is 2.22. The van der Waals surface area contributed by atoms with Crippen LogP contribution >= 0.6 is 0 Å². The summed E-state index contributed by atoms with van der Waals surface area (Å²) in [5, 5.41) is 0. The Balaban J connectivity index is 2.08. The molecule has 0 aliphatic rings. The third kappa shape index (κ3) is 3.08. The molecule has 2 aromatic rings. The van der Waals surface area contributed by atoms with Gasteiger partial charge in [0, 0.05) is 11.6 Å². The van der Waals surface area contributed by atoms with Gasteiger partial charge < -0.3 is 10.5 Å². The Hall–Kier alpha value is -2.08. The van der Waals surface area contributed by atoms with Crippen molar-refractivity contribution in [1.29, 1.82) is 0 Å². The van der Waals surface area contributed by atoms with Crippen LogP contribution in [0, 0.1) is 23.3 Å². The maximum absolute atomic E-state index is 13.5. The SMILES string of the molecule is NC(COc1cccc(F)c1F)c1ccc(F)cc1F. The fourth-order valence-corrected chi connectivity index (χ4v) is 1.67. The number of hydrogen-bond donors (Lipinski definition) is 1. The molecule has 0 aliphatic heterocycles. The molecule has 0 spiro atoms. The fraction of sp³-hybridized carbons (Fsp3) is 0.143. The normalized spacial score (nSPS) is 12.2. The van der Waals surface area contributed by atoms with Crippen LogP contribution in [0.5, 0.6) is 5.75 Å². The zero-order chi connectivity index (χ0) is 14.7. The topological polar surface area (TPSA) is 35.2 Å². The van der Waals surface area contributed by atoms with E-state index in [-0.39, 0.29) is 17.9 Å². The van der Waals surface area contributed by atoms with Crippen LogP contribution in [0.1, 0.15) is 11.6 Å². The Bertz CT molecular complexity index is 618. The van der Waals surface area contributed by atoms with Crippen LogP contribution in [-0.2, 0) is 0 Å². The Morgan fingerprint density at radius 2 is 1.75 bits per heavy atom. The molecule has 2 rings (SSSR count). The monoisotopic (exact) mass is 285 g/mol. The third-order valence-electron chi connectivity index (χ3n) is 2.70. The molecule has 2 N–H and O–H groups in total. The average molecular weight is 285 g/mol. The molecule has 0 amide bonds. The van der Waals surface area contributed by atoms with Gasteiger partial charge in [-0.05, 0) is 18.2 Å². The van der Waals surface area contributed by atoms with Crippen LogP contribution in [0.4, 0.5) is 17.6 Å². The molecule has 1 atom stereocenters. The number of hydrogen-bond acceptors (Lipinski definition) is 2. The summed E-state index contributed by atoms with van der Waals surface area (Å²) in [6.07, 6.45) is 0. The molecule has 0 aromatic heterocycles. The molecule has 6 heteroatoms. The third-order valence-corrected chi connectivity index (χ3v) is 2.70. The van der Waals surface area contributed by atoms with Gasteiger partial charge in [0.1, 0.15) is 18.2 Å². The van der Waals surface area contributed by atoms with E-state index in [2.05, 4.69) is 0 Å². The predicted octanol–water partition coefficient (Wildman–Crippen LogP) is 3.32. The van der Waals surface area contributed by atoms with Gasteiger partial charge in [0.2, 0.25) is 5.82 Å². The van der Waals surface area contributed by atoms with Gasteiger partial charge >= 0.3 is 0 Å². The van der Waals surface area contributed by atoms with E-state index >= 15 is 0 Å². The molecule has 0 fully saturated rings. The summed E-state index contributed by atoms with van der Waals surface area (Å²) >= 11 is 0. The summed E-state index contributed by atoms with van der Waals surface area (Å²) in [5.41, 5.74) is 5.71. The van der Waals surface area contributed by atoms with Crippen molar-refractivity contribution in [3.63, 3.8) is 0 Å². The quantitative estimate of drug-likeness (QED) is 0.875. The summed E-state index contributed by atoms with van der Waals surface area (Å²) in [7, 11) is 0. The molecule has 0 bridgehead atoms.